The van der Waals surface area contributed by atoms with Gasteiger partial charge < -0.3 is 10.4 Å². The first kappa shape index (κ1) is 11.6. The zero-order valence-corrected chi connectivity index (χ0v) is 9.52. The zero-order valence-electron chi connectivity index (χ0n) is 9.52. The zero-order chi connectivity index (χ0) is 12.3. The van der Waals surface area contributed by atoms with Crippen LogP contribution < -0.4 is 5.32 Å². The molecule has 2 N–H and O–H groups in total. The molecule has 0 aliphatic heterocycles. The van der Waals surface area contributed by atoms with Crippen LogP contribution in [0.2, 0.25) is 0 Å². The molecule has 0 amide bonds. The highest BCUT2D eigenvalue weighted by molar-refractivity contribution is 5.78. The largest absolute Gasteiger partial charge is 0.374 e. The SMILES string of the molecule is CC(O)Nc1ccccc1-c1ccccc1F. The normalized spacial score (nSPS) is 12.2. The Labute approximate surface area is 99.7 Å². The van der Waals surface area contributed by atoms with Crippen LogP contribution in [0.3, 0.4) is 0 Å². The minimum absolute atomic E-state index is 0.271. The van der Waals surface area contributed by atoms with Gasteiger partial charge in [-0.2, -0.15) is 0 Å². The molecule has 0 bridgehead atoms. The Morgan fingerprint density at radius 3 is 2.24 bits per heavy atom. The van der Waals surface area contributed by atoms with Crippen molar-refractivity contribution in [1.29, 1.82) is 0 Å². The molecule has 2 nitrogen and oxygen atoms in total. The first-order valence-electron chi connectivity index (χ1n) is 5.47. The van der Waals surface area contributed by atoms with Crippen molar-refractivity contribution in [2.24, 2.45) is 0 Å². The third-order valence-corrected chi connectivity index (χ3v) is 2.46. The Hall–Kier alpha value is -1.87. The number of halogens is 1. The van der Waals surface area contributed by atoms with Gasteiger partial charge >= 0.3 is 0 Å². The van der Waals surface area contributed by atoms with E-state index in [2.05, 4.69) is 5.32 Å². The molecule has 2 aromatic rings. The van der Waals surface area contributed by atoms with Gasteiger partial charge in [0.1, 0.15) is 12.0 Å². The lowest BCUT2D eigenvalue weighted by Crippen LogP contribution is -2.14. The Bertz CT molecular complexity index is 511. The predicted molar refractivity (Wildman–Crippen MR) is 67.1 cm³/mol. The average molecular weight is 231 g/mol. The maximum Gasteiger partial charge on any atom is 0.131 e. The van der Waals surface area contributed by atoms with Crippen LogP contribution in [0.15, 0.2) is 48.5 Å². The third-order valence-electron chi connectivity index (χ3n) is 2.46. The Morgan fingerprint density at radius 1 is 1.00 bits per heavy atom. The molecule has 1 unspecified atom stereocenters. The number of aliphatic hydroxyl groups is 1. The van der Waals surface area contributed by atoms with Gasteiger partial charge in [-0.1, -0.05) is 36.4 Å². The van der Waals surface area contributed by atoms with Gasteiger partial charge in [0.2, 0.25) is 0 Å². The molecule has 0 aliphatic rings. The predicted octanol–water partition coefficient (Wildman–Crippen LogP) is 3.24. The molecule has 0 heterocycles. The second-order valence-electron chi connectivity index (χ2n) is 3.85. The van der Waals surface area contributed by atoms with Crippen LogP contribution in [-0.2, 0) is 0 Å². The fourth-order valence-electron chi connectivity index (χ4n) is 1.75. The number of hydrogen-bond acceptors (Lipinski definition) is 2. The van der Waals surface area contributed by atoms with Crippen molar-refractivity contribution < 1.29 is 9.50 Å². The van der Waals surface area contributed by atoms with E-state index in [1.165, 1.54) is 6.07 Å². The first-order chi connectivity index (χ1) is 8.18. The summed E-state index contributed by atoms with van der Waals surface area (Å²) in [5, 5.41) is 12.2. The molecule has 0 aliphatic carbocycles. The van der Waals surface area contributed by atoms with E-state index in [0.717, 1.165) is 5.56 Å². The van der Waals surface area contributed by atoms with Gasteiger partial charge in [-0.05, 0) is 19.1 Å². The van der Waals surface area contributed by atoms with E-state index >= 15 is 0 Å². The summed E-state index contributed by atoms with van der Waals surface area (Å²) in [7, 11) is 0. The van der Waals surface area contributed by atoms with Gasteiger partial charge in [0.05, 0.1) is 0 Å². The maximum absolute atomic E-state index is 13.7. The molecule has 0 aromatic heterocycles. The molecule has 0 fully saturated rings. The fourth-order valence-corrected chi connectivity index (χ4v) is 1.75. The summed E-state index contributed by atoms with van der Waals surface area (Å²) in [4.78, 5) is 0. The Kier molecular flexibility index (Phi) is 3.40. The van der Waals surface area contributed by atoms with Crippen molar-refractivity contribution in [1.82, 2.24) is 0 Å². The van der Waals surface area contributed by atoms with E-state index in [1.807, 2.05) is 24.3 Å². The summed E-state index contributed by atoms with van der Waals surface area (Å²) in [6, 6.07) is 13.9. The summed E-state index contributed by atoms with van der Waals surface area (Å²) >= 11 is 0. The summed E-state index contributed by atoms with van der Waals surface area (Å²) < 4.78 is 13.7. The van der Waals surface area contributed by atoms with Gasteiger partial charge in [-0.25, -0.2) is 4.39 Å². The van der Waals surface area contributed by atoms with Crippen LogP contribution in [0.1, 0.15) is 6.92 Å². The number of benzene rings is 2. The molecule has 2 rings (SSSR count). The van der Waals surface area contributed by atoms with Crippen LogP contribution >= 0.6 is 0 Å². The topological polar surface area (TPSA) is 32.3 Å². The van der Waals surface area contributed by atoms with E-state index in [9.17, 15) is 9.50 Å². The summed E-state index contributed by atoms with van der Waals surface area (Å²) in [5.41, 5.74) is 1.98. The van der Waals surface area contributed by atoms with E-state index in [0.29, 0.717) is 11.3 Å². The number of aliphatic hydroxyl groups excluding tert-OH is 1. The summed E-state index contributed by atoms with van der Waals surface area (Å²) in [5.74, 6) is -0.271. The highest BCUT2D eigenvalue weighted by Crippen LogP contribution is 2.29. The Morgan fingerprint density at radius 2 is 1.59 bits per heavy atom. The van der Waals surface area contributed by atoms with Crippen molar-refractivity contribution in [3.05, 3.63) is 54.3 Å². The molecule has 17 heavy (non-hydrogen) atoms. The highest BCUT2D eigenvalue weighted by atomic mass is 19.1. The standard InChI is InChI=1S/C14H14FNO/c1-10(17)16-14-9-5-3-7-12(14)11-6-2-4-8-13(11)15/h2-10,16-17H,1H3. The van der Waals surface area contributed by atoms with Gasteiger partial charge in [0, 0.05) is 16.8 Å². The molecule has 3 heteroatoms. The highest BCUT2D eigenvalue weighted by Gasteiger charge is 2.09. The molecule has 88 valence electrons. The van der Waals surface area contributed by atoms with Crippen LogP contribution in [0.5, 0.6) is 0 Å². The average Bonchev–Trinajstić information content (AvgIpc) is 2.30. The van der Waals surface area contributed by atoms with Crippen molar-refractivity contribution in [3.8, 4) is 11.1 Å². The molecule has 2 aromatic carbocycles. The molecule has 0 saturated carbocycles. The van der Waals surface area contributed by atoms with Crippen LogP contribution in [0.25, 0.3) is 11.1 Å². The maximum atomic E-state index is 13.7. The monoisotopic (exact) mass is 231 g/mol. The van der Waals surface area contributed by atoms with E-state index < -0.39 is 6.23 Å². The minimum atomic E-state index is -0.678. The molecule has 1 atom stereocenters. The van der Waals surface area contributed by atoms with Crippen molar-refractivity contribution in [2.75, 3.05) is 5.32 Å². The second-order valence-corrected chi connectivity index (χ2v) is 3.85. The van der Waals surface area contributed by atoms with Gasteiger partial charge in [0.25, 0.3) is 0 Å². The van der Waals surface area contributed by atoms with Crippen LogP contribution in [0, 0.1) is 5.82 Å². The molecule has 0 spiro atoms. The van der Waals surface area contributed by atoms with Crippen molar-refractivity contribution in [2.45, 2.75) is 13.2 Å². The van der Waals surface area contributed by atoms with Crippen molar-refractivity contribution in [3.63, 3.8) is 0 Å². The van der Waals surface area contributed by atoms with Crippen molar-refractivity contribution >= 4 is 5.69 Å². The fraction of sp³-hybridized carbons (Fsp3) is 0.143. The van der Waals surface area contributed by atoms with Gasteiger partial charge in [-0.15, -0.1) is 0 Å². The quantitative estimate of drug-likeness (QED) is 0.795. The number of nitrogens with one attached hydrogen (secondary N) is 1. The molecular formula is C14H14FNO. The van der Waals surface area contributed by atoms with E-state index in [-0.39, 0.29) is 5.82 Å². The van der Waals surface area contributed by atoms with Gasteiger partial charge in [0.15, 0.2) is 0 Å². The first-order valence-corrected chi connectivity index (χ1v) is 5.47. The summed E-state index contributed by atoms with van der Waals surface area (Å²) in [6.45, 7) is 1.62. The van der Waals surface area contributed by atoms with Crippen LogP contribution in [-0.4, -0.2) is 11.3 Å². The lowest BCUT2D eigenvalue weighted by Gasteiger charge is -2.14. The lowest BCUT2D eigenvalue weighted by molar-refractivity contribution is 0.224. The lowest BCUT2D eigenvalue weighted by atomic mass is 10.0. The van der Waals surface area contributed by atoms with Gasteiger partial charge in [-0.3, -0.25) is 0 Å². The minimum Gasteiger partial charge on any atom is -0.374 e. The summed E-state index contributed by atoms with van der Waals surface area (Å²) in [6.07, 6.45) is -0.678. The number of hydrogen-bond donors (Lipinski definition) is 2. The molecule has 0 radical (unpaired) electrons. The van der Waals surface area contributed by atoms with E-state index in [4.69, 9.17) is 0 Å². The molecular weight excluding hydrogens is 217 g/mol. The third kappa shape index (κ3) is 2.63. The Balaban J connectivity index is 2.48. The van der Waals surface area contributed by atoms with Crippen LogP contribution in [0.4, 0.5) is 10.1 Å². The molecule has 0 saturated heterocycles. The number of rotatable bonds is 3. The number of para-hydroxylation sites is 1. The second kappa shape index (κ2) is 4.97. The number of anilines is 1. The van der Waals surface area contributed by atoms with E-state index in [1.54, 1.807) is 25.1 Å². The smallest absolute Gasteiger partial charge is 0.131 e.